The summed E-state index contributed by atoms with van der Waals surface area (Å²) in [6.45, 7) is 1.47. The molecule has 5 nitrogen and oxygen atoms in total. The number of carbonyl (C=O) groups excluding carboxylic acids is 1. The maximum absolute atomic E-state index is 11.2. The molecule has 0 radical (unpaired) electrons. The normalized spacial score (nSPS) is 12.3. The van der Waals surface area contributed by atoms with Gasteiger partial charge in [-0.1, -0.05) is 12.1 Å². The number of H-pyrrole nitrogens is 1. The average molecular weight is 314 g/mol. The monoisotopic (exact) mass is 314 g/mol. The van der Waals surface area contributed by atoms with Gasteiger partial charge in [0.15, 0.2) is 11.1 Å². The molecule has 1 atom stereocenters. The van der Waals surface area contributed by atoms with Crippen LogP contribution in [0.4, 0.5) is 5.69 Å². The van der Waals surface area contributed by atoms with Crippen LogP contribution in [0, 0.1) is 0 Å². The lowest BCUT2D eigenvalue weighted by atomic mass is 10.0. The number of amides is 1. The van der Waals surface area contributed by atoms with Crippen LogP contribution in [0.2, 0.25) is 0 Å². The molecule has 0 saturated carbocycles. The Morgan fingerprint density at radius 1 is 1.18 bits per heavy atom. The second-order valence-electron chi connectivity index (χ2n) is 4.92. The predicted octanol–water partition coefficient (Wildman–Crippen LogP) is 3.37. The second-order valence-corrected chi connectivity index (χ2v) is 5.89. The molecule has 3 N–H and O–H groups in total. The van der Waals surface area contributed by atoms with Crippen molar-refractivity contribution in [1.82, 2.24) is 4.98 Å². The standard InChI is InChI=1S/C16H14N2O3S/c1-10(19)18-12-4-7-16-14(8-12)15(9-17-16)11-2-5-13(6-3-11)22(20)21/h2-9,17H,1H3,(H,18,19)(H,20,21). The third kappa shape index (κ3) is 2.79. The van der Waals surface area contributed by atoms with E-state index in [1.54, 1.807) is 24.3 Å². The third-order valence-corrected chi connectivity index (χ3v) is 4.04. The SMILES string of the molecule is CC(=O)Nc1ccc2[nH]cc(-c3ccc(S(=O)O)cc3)c2c1. The van der Waals surface area contributed by atoms with Gasteiger partial charge in [0.1, 0.15) is 0 Å². The zero-order valence-corrected chi connectivity index (χ0v) is 12.6. The predicted molar refractivity (Wildman–Crippen MR) is 87.1 cm³/mol. The van der Waals surface area contributed by atoms with Gasteiger partial charge >= 0.3 is 0 Å². The van der Waals surface area contributed by atoms with E-state index >= 15 is 0 Å². The van der Waals surface area contributed by atoms with Gasteiger partial charge in [-0.3, -0.25) is 4.79 Å². The molecule has 1 unspecified atom stereocenters. The quantitative estimate of drug-likeness (QED) is 0.648. The number of anilines is 1. The van der Waals surface area contributed by atoms with Crippen molar-refractivity contribution in [2.75, 3.05) is 5.32 Å². The summed E-state index contributed by atoms with van der Waals surface area (Å²) < 4.78 is 20.1. The highest BCUT2D eigenvalue weighted by molar-refractivity contribution is 7.79. The molecule has 0 aliphatic rings. The van der Waals surface area contributed by atoms with E-state index in [1.807, 2.05) is 24.4 Å². The first kappa shape index (κ1) is 14.5. The molecule has 0 fully saturated rings. The van der Waals surface area contributed by atoms with Gasteiger partial charge in [-0.15, -0.1) is 0 Å². The lowest BCUT2D eigenvalue weighted by molar-refractivity contribution is -0.114. The summed E-state index contributed by atoms with van der Waals surface area (Å²) in [6.07, 6.45) is 1.88. The molecule has 0 saturated heterocycles. The Morgan fingerprint density at radius 2 is 1.91 bits per heavy atom. The summed E-state index contributed by atoms with van der Waals surface area (Å²) in [5.41, 5.74) is 3.59. The largest absolute Gasteiger partial charge is 0.361 e. The van der Waals surface area contributed by atoms with Gasteiger partial charge in [-0.05, 0) is 35.9 Å². The van der Waals surface area contributed by atoms with Crippen LogP contribution in [0.3, 0.4) is 0 Å². The Kier molecular flexibility index (Phi) is 3.79. The molecule has 1 aromatic heterocycles. The van der Waals surface area contributed by atoms with Crippen LogP contribution in [0.15, 0.2) is 53.6 Å². The van der Waals surface area contributed by atoms with Crippen LogP contribution >= 0.6 is 0 Å². The van der Waals surface area contributed by atoms with Crippen molar-refractivity contribution in [2.45, 2.75) is 11.8 Å². The van der Waals surface area contributed by atoms with Gasteiger partial charge in [0.25, 0.3) is 0 Å². The molecule has 3 rings (SSSR count). The summed E-state index contributed by atoms with van der Waals surface area (Å²) in [5, 5.41) is 3.74. The van der Waals surface area contributed by atoms with Gasteiger partial charge in [0.05, 0.1) is 4.90 Å². The third-order valence-electron chi connectivity index (χ3n) is 3.37. The zero-order chi connectivity index (χ0) is 15.7. The first-order valence-corrected chi connectivity index (χ1v) is 7.75. The fourth-order valence-electron chi connectivity index (χ4n) is 2.39. The Balaban J connectivity index is 2.06. The molecule has 3 aromatic rings. The molecule has 0 spiro atoms. The Hall–Kier alpha value is -2.44. The maximum atomic E-state index is 11.2. The minimum atomic E-state index is -1.98. The number of aromatic amines is 1. The molecular weight excluding hydrogens is 300 g/mol. The highest BCUT2D eigenvalue weighted by atomic mass is 32.2. The van der Waals surface area contributed by atoms with E-state index in [0.717, 1.165) is 27.7 Å². The highest BCUT2D eigenvalue weighted by Crippen LogP contribution is 2.31. The lowest BCUT2D eigenvalue weighted by Gasteiger charge is -2.04. The molecule has 0 aliphatic carbocycles. The van der Waals surface area contributed by atoms with Gasteiger partial charge in [0.2, 0.25) is 5.91 Å². The summed E-state index contributed by atoms with van der Waals surface area (Å²) >= 11 is -1.98. The first-order valence-electron chi connectivity index (χ1n) is 6.64. The van der Waals surface area contributed by atoms with E-state index in [1.165, 1.54) is 6.92 Å². The van der Waals surface area contributed by atoms with Crippen LogP contribution in [0.25, 0.3) is 22.0 Å². The van der Waals surface area contributed by atoms with E-state index in [4.69, 9.17) is 4.55 Å². The van der Waals surface area contributed by atoms with E-state index in [-0.39, 0.29) is 5.91 Å². The van der Waals surface area contributed by atoms with Crippen LogP contribution in [-0.2, 0) is 15.9 Å². The maximum Gasteiger partial charge on any atom is 0.221 e. The second kappa shape index (κ2) is 5.75. The number of rotatable bonds is 3. The van der Waals surface area contributed by atoms with Crippen LogP contribution in [0.5, 0.6) is 0 Å². The number of benzene rings is 2. The van der Waals surface area contributed by atoms with E-state index in [2.05, 4.69) is 10.3 Å². The fraction of sp³-hybridized carbons (Fsp3) is 0.0625. The summed E-state index contributed by atoms with van der Waals surface area (Å²) in [5.74, 6) is -0.119. The number of carbonyl (C=O) groups is 1. The Morgan fingerprint density at radius 3 is 2.55 bits per heavy atom. The Labute approximate surface area is 129 Å². The van der Waals surface area contributed by atoms with Gasteiger partial charge in [0, 0.05) is 35.3 Å². The molecule has 0 aliphatic heterocycles. The van der Waals surface area contributed by atoms with E-state index in [0.29, 0.717) is 4.90 Å². The topological polar surface area (TPSA) is 82.2 Å². The van der Waals surface area contributed by atoms with Crippen molar-refractivity contribution in [3.05, 3.63) is 48.7 Å². The van der Waals surface area contributed by atoms with Crippen molar-refractivity contribution < 1.29 is 13.6 Å². The average Bonchev–Trinajstić information content (AvgIpc) is 2.90. The van der Waals surface area contributed by atoms with Gasteiger partial charge < -0.3 is 14.9 Å². The molecule has 112 valence electrons. The van der Waals surface area contributed by atoms with Gasteiger partial charge in [-0.25, -0.2) is 4.21 Å². The number of aromatic nitrogens is 1. The lowest BCUT2D eigenvalue weighted by Crippen LogP contribution is -2.05. The van der Waals surface area contributed by atoms with Crippen molar-refractivity contribution in [2.24, 2.45) is 0 Å². The number of hydrogen-bond acceptors (Lipinski definition) is 2. The number of fused-ring (bicyclic) bond motifs is 1. The Bertz CT molecular complexity index is 869. The van der Waals surface area contributed by atoms with E-state index < -0.39 is 11.1 Å². The van der Waals surface area contributed by atoms with Crippen LogP contribution < -0.4 is 5.32 Å². The van der Waals surface area contributed by atoms with Crippen LogP contribution in [-0.4, -0.2) is 19.7 Å². The molecule has 1 amide bonds. The first-order chi connectivity index (χ1) is 10.5. The van der Waals surface area contributed by atoms with Crippen molar-refractivity contribution in [1.29, 1.82) is 0 Å². The smallest absolute Gasteiger partial charge is 0.221 e. The summed E-state index contributed by atoms with van der Waals surface area (Å²) in [7, 11) is 0. The zero-order valence-electron chi connectivity index (χ0n) is 11.8. The molecular formula is C16H14N2O3S. The molecule has 0 bridgehead atoms. The summed E-state index contributed by atoms with van der Waals surface area (Å²) in [4.78, 5) is 14.7. The minimum Gasteiger partial charge on any atom is -0.361 e. The number of hydrogen-bond donors (Lipinski definition) is 3. The molecule has 1 heterocycles. The molecule has 22 heavy (non-hydrogen) atoms. The number of nitrogens with one attached hydrogen (secondary N) is 2. The van der Waals surface area contributed by atoms with Gasteiger partial charge in [-0.2, -0.15) is 0 Å². The van der Waals surface area contributed by atoms with Crippen LogP contribution in [0.1, 0.15) is 6.92 Å². The minimum absolute atomic E-state index is 0.119. The van der Waals surface area contributed by atoms with Crippen molar-refractivity contribution >= 4 is 33.6 Å². The van der Waals surface area contributed by atoms with E-state index in [9.17, 15) is 9.00 Å². The summed E-state index contributed by atoms with van der Waals surface area (Å²) in [6, 6.07) is 12.5. The fourth-order valence-corrected chi connectivity index (χ4v) is 2.76. The van der Waals surface area contributed by atoms with Crippen molar-refractivity contribution in [3.63, 3.8) is 0 Å². The highest BCUT2D eigenvalue weighted by Gasteiger charge is 2.08. The molecule has 2 aromatic carbocycles. The molecule has 6 heteroatoms. The van der Waals surface area contributed by atoms with Crippen molar-refractivity contribution in [3.8, 4) is 11.1 Å².